The van der Waals surface area contributed by atoms with Crippen molar-refractivity contribution in [1.29, 1.82) is 0 Å². The van der Waals surface area contributed by atoms with Crippen molar-refractivity contribution in [3.63, 3.8) is 0 Å². The van der Waals surface area contributed by atoms with Crippen LogP contribution in [0.1, 0.15) is 13.3 Å². The van der Waals surface area contributed by atoms with E-state index in [0.29, 0.717) is 6.54 Å². The lowest BCUT2D eigenvalue weighted by Crippen LogP contribution is -2.34. The largest absolute Gasteiger partial charge is 0.354 e. The number of carbonyl (C=O) groups is 1. The zero-order valence-corrected chi connectivity index (χ0v) is 12.4. The van der Waals surface area contributed by atoms with Gasteiger partial charge in [0.05, 0.1) is 4.47 Å². The van der Waals surface area contributed by atoms with Crippen LogP contribution in [0.5, 0.6) is 0 Å². The molecule has 0 saturated carbocycles. The molecular formula is C11H14BrClN4O. The van der Waals surface area contributed by atoms with Crippen molar-refractivity contribution in [3.05, 3.63) is 16.0 Å². The minimum Gasteiger partial charge on any atom is -0.354 e. The molecular weight excluding hydrogens is 320 g/mol. The van der Waals surface area contributed by atoms with Gasteiger partial charge >= 0.3 is 0 Å². The third-order valence-corrected chi connectivity index (χ3v) is 3.68. The van der Waals surface area contributed by atoms with Crippen LogP contribution in [0.4, 0.5) is 5.82 Å². The summed E-state index contributed by atoms with van der Waals surface area (Å²) in [5, 5.41) is 0.237. The lowest BCUT2D eigenvalue weighted by atomic mass is 10.4. The van der Waals surface area contributed by atoms with Gasteiger partial charge in [0.1, 0.15) is 5.82 Å². The normalized spacial score (nSPS) is 16.6. The average Bonchev–Trinajstić information content (AvgIpc) is 2.58. The van der Waals surface area contributed by atoms with E-state index in [0.717, 1.165) is 36.3 Å². The number of hydrogen-bond donors (Lipinski definition) is 0. The van der Waals surface area contributed by atoms with Gasteiger partial charge in [-0.2, -0.15) is 4.98 Å². The molecule has 2 rings (SSSR count). The van der Waals surface area contributed by atoms with E-state index >= 15 is 0 Å². The van der Waals surface area contributed by atoms with Crippen LogP contribution >= 0.6 is 27.5 Å². The summed E-state index contributed by atoms with van der Waals surface area (Å²) in [7, 11) is 0. The van der Waals surface area contributed by atoms with E-state index in [1.165, 1.54) is 0 Å². The molecule has 1 fully saturated rings. The van der Waals surface area contributed by atoms with Gasteiger partial charge in [0.15, 0.2) is 0 Å². The Morgan fingerprint density at radius 3 is 2.89 bits per heavy atom. The van der Waals surface area contributed by atoms with Crippen molar-refractivity contribution in [2.24, 2.45) is 0 Å². The number of hydrogen-bond acceptors (Lipinski definition) is 4. The molecule has 2 heterocycles. The van der Waals surface area contributed by atoms with Crippen molar-refractivity contribution in [2.45, 2.75) is 13.3 Å². The Kier molecular flexibility index (Phi) is 4.40. The van der Waals surface area contributed by atoms with E-state index in [2.05, 4.69) is 30.8 Å². The molecule has 1 aliphatic rings. The topological polar surface area (TPSA) is 49.3 Å². The molecule has 18 heavy (non-hydrogen) atoms. The Bertz CT molecular complexity index is 457. The Morgan fingerprint density at radius 2 is 2.17 bits per heavy atom. The highest BCUT2D eigenvalue weighted by atomic mass is 79.9. The van der Waals surface area contributed by atoms with Gasteiger partial charge < -0.3 is 9.80 Å². The molecule has 0 unspecified atom stereocenters. The second kappa shape index (κ2) is 5.84. The third-order valence-electron chi connectivity index (χ3n) is 2.94. The van der Waals surface area contributed by atoms with Crippen LogP contribution in [0, 0.1) is 0 Å². The van der Waals surface area contributed by atoms with Gasteiger partial charge in [0.25, 0.3) is 0 Å². The third kappa shape index (κ3) is 3.11. The lowest BCUT2D eigenvalue weighted by Gasteiger charge is -2.23. The van der Waals surface area contributed by atoms with Gasteiger partial charge in [-0.1, -0.05) is 0 Å². The van der Waals surface area contributed by atoms with Crippen LogP contribution in [0.15, 0.2) is 10.7 Å². The summed E-state index contributed by atoms with van der Waals surface area (Å²) in [6, 6.07) is 0. The first kappa shape index (κ1) is 13.5. The summed E-state index contributed by atoms with van der Waals surface area (Å²) in [6.07, 6.45) is 2.58. The molecule has 5 nitrogen and oxygen atoms in total. The number of nitrogens with zero attached hydrogens (tertiary/aromatic N) is 4. The summed E-state index contributed by atoms with van der Waals surface area (Å²) < 4.78 is 0.822. The standard InChI is InChI=1S/C11H14BrClN4O/c1-8(18)16-3-2-4-17(6-5-16)10-9(12)7-14-11(13)15-10/h7H,2-6H2,1H3. The molecule has 1 saturated heterocycles. The average molecular weight is 334 g/mol. The fourth-order valence-corrected chi connectivity index (χ4v) is 2.57. The molecule has 0 radical (unpaired) electrons. The molecule has 1 aromatic rings. The van der Waals surface area contributed by atoms with E-state index in [9.17, 15) is 4.79 Å². The van der Waals surface area contributed by atoms with Crippen molar-refractivity contribution in [3.8, 4) is 0 Å². The van der Waals surface area contributed by atoms with Crippen LogP contribution in [0.2, 0.25) is 5.28 Å². The molecule has 0 aromatic carbocycles. The maximum absolute atomic E-state index is 11.4. The summed E-state index contributed by atoms with van der Waals surface area (Å²) >= 11 is 9.25. The predicted octanol–water partition coefficient (Wildman–Crippen LogP) is 1.95. The molecule has 7 heteroatoms. The molecule has 1 aromatic heterocycles. The molecule has 0 N–H and O–H groups in total. The minimum atomic E-state index is 0.122. The van der Waals surface area contributed by atoms with E-state index in [1.807, 2.05) is 4.90 Å². The van der Waals surface area contributed by atoms with Crippen LogP contribution < -0.4 is 4.90 Å². The molecule has 1 amide bonds. The zero-order valence-electron chi connectivity index (χ0n) is 10.1. The van der Waals surface area contributed by atoms with Crippen molar-refractivity contribution >= 4 is 39.3 Å². The van der Waals surface area contributed by atoms with Gasteiger partial charge in [-0.15, -0.1) is 0 Å². The van der Waals surface area contributed by atoms with Gasteiger partial charge in [-0.05, 0) is 34.0 Å². The maximum atomic E-state index is 11.4. The van der Waals surface area contributed by atoms with Crippen molar-refractivity contribution in [1.82, 2.24) is 14.9 Å². The number of amides is 1. The van der Waals surface area contributed by atoms with Crippen LogP contribution in [-0.2, 0) is 4.79 Å². The molecule has 0 bridgehead atoms. The van der Waals surface area contributed by atoms with Gasteiger partial charge in [-0.25, -0.2) is 4.98 Å². The predicted molar refractivity (Wildman–Crippen MR) is 73.8 cm³/mol. The number of aromatic nitrogens is 2. The number of halogens is 2. The molecule has 0 atom stereocenters. The quantitative estimate of drug-likeness (QED) is 0.737. The Balaban J connectivity index is 2.14. The van der Waals surface area contributed by atoms with Gasteiger partial charge in [0, 0.05) is 39.3 Å². The van der Waals surface area contributed by atoms with E-state index in [4.69, 9.17) is 11.6 Å². The first-order valence-corrected chi connectivity index (χ1v) is 6.93. The highest BCUT2D eigenvalue weighted by molar-refractivity contribution is 9.10. The van der Waals surface area contributed by atoms with Crippen molar-refractivity contribution < 1.29 is 4.79 Å². The SMILES string of the molecule is CC(=O)N1CCCN(c2nc(Cl)ncc2Br)CC1. The molecule has 0 spiro atoms. The van der Waals surface area contributed by atoms with Gasteiger partial charge in [0.2, 0.25) is 11.2 Å². The van der Waals surface area contributed by atoms with E-state index < -0.39 is 0 Å². The monoisotopic (exact) mass is 332 g/mol. The van der Waals surface area contributed by atoms with Crippen molar-refractivity contribution in [2.75, 3.05) is 31.1 Å². The zero-order chi connectivity index (χ0) is 13.1. The summed E-state index contributed by atoms with van der Waals surface area (Å²) in [4.78, 5) is 23.5. The van der Waals surface area contributed by atoms with Crippen LogP contribution in [-0.4, -0.2) is 47.0 Å². The van der Waals surface area contributed by atoms with Gasteiger partial charge in [-0.3, -0.25) is 4.79 Å². The summed E-state index contributed by atoms with van der Waals surface area (Å²) in [6.45, 7) is 4.72. The Morgan fingerprint density at radius 1 is 1.39 bits per heavy atom. The first-order valence-electron chi connectivity index (χ1n) is 5.76. The number of rotatable bonds is 1. The fourth-order valence-electron chi connectivity index (χ4n) is 2.00. The van der Waals surface area contributed by atoms with E-state index in [-0.39, 0.29) is 11.2 Å². The highest BCUT2D eigenvalue weighted by Crippen LogP contribution is 2.25. The number of anilines is 1. The van der Waals surface area contributed by atoms with E-state index in [1.54, 1.807) is 13.1 Å². The lowest BCUT2D eigenvalue weighted by molar-refractivity contribution is -0.128. The summed E-state index contributed by atoms with van der Waals surface area (Å²) in [5.74, 6) is 0.914. The Labute approximate surface area is 119 Å². The maximum Gasteiger partial charge on any atom is 0.224 e. The fraction of sp³-hybridized carbons (Fsp3) is 0.545. The second-order valence-electron chi connectivity index (χ2n) is 4.16. The second-order valence-corrected chi connectivity index (χ2v) is 5.35. The molecule has 0 aliphatic carbocycles. The highest BCUT2D eigenvalue weighted by Gasteiger charge is 2.19. The molecule has 98 valence electrons. The molecule has 1 aliphatic heterocycles. The van der Waals surface area contributed by atoms with Crippen LogP contribution in [0.25, 0.3) is 0 Å². The smallest absolute Gasteiger partial charge is 0.224 e. The number of carbonyl (C=O) groups excluding carboxylic acids is 1. The first-order chi connectivity index (χ1) is 8.58. The summed E-state index contributed by atoms with van der Waals surface area (Å²) in [5.41, 5.74) is 0. The minimum absolute atomic E-state index is 0.122. The Hall–Kier alpha value is -0.880. The van der Waals surface area contributed by atoms with Crippen LogP contribution in [0.3, 0.4) is 0 Å².